The van der Waals surface area contributed by atoms with Gasteiger partial charge in [-0.25, -0.2) is 0 Å². The minimum Gasteiger partial charge on any atom is -0.496 e. The van der Waals surface area contributed by atoms with Crippen LogP contribution in [0.15, 0.2) is 54.7 Å². The molecule has 5 rings (SSSR count). The van der Waals surface area contributed by atoms with Crippen molar-refractivity contribution in [2.45, 2.75) is 82.7 Å². The van der Waals surface area contributed by atoms with Gasteiger partial charge < -0.3 is 20.4 Å². The Morgan fingerprint density at radius 2 is 1.73 bits per heavy atom. The molecule has 2 fully saturated rings. The average molecular weight is 559 g/mol. The summed E-state index contributed by atoms with van der Waals surface area (Å²) in [5.74, 6) is 1.55. The number of aromatic amines is 1. The number of amides is 2. The highest BCUT2D eigenvalue weighted by atomic mass is 16.5. The molecule has 7 heteroatoms. The Kier molecular flexibility index (Phi) is 10.3. The lowest BCUT2D eigenvalue weighted by atomic mass is 9.80. The molecule has 0 bridgehead atoms. The molecule has 2 heterocycles. The fraction of sp³-hybridized carbons (Fsp3) is 0.529. The van der Waals surface area contributed by atoms with E-state index in [-0.39, 0.29) is 17.9 Å². The van der Waals surface area contributed by atoms with Crippen LogP contribution in [0.25, 0.3) is 10.9 Å². The molecule has 2 aliphatic rings. The first kappa shape index (κ1) is 29.2. The van der Waals surface area contributed by atoms with Gasteiger partial charge in [-0.3, -0.25) is 14.5 Å². The van der Waals surface area contributed by atoms with Gasteiger partial charge in [0.1, 0.15) is 5.75 Å². The second-order valence-electron chi connectivity index (χ2n) is 11.9. The molecule has 2 amide bonds. The lowest BCUT2D eigenvalue weighted by molar-refractivity contribution is -0.125. The topological polar surface area (TPSA) is 86.5 Å². The zero-order valence-corrected chi connectivity index (χ0v) is 24.5. The summed E-state index contributed by atoms with van der Waals surface area (Å²) in [7, 11) is 1.65. The standard InChI is InChI=1S/C34H46N4O3/c1-41-32-17-8-5-13-26(32)18-19-33(39)36-23-28(21-27-22-35-30-15-7-6-14-29(27)30)37-34(40)24-38-20-10-9-16-31(38)25-11-3-2-4-12-25/h5-8,13-15,17,22,25,28,31,35H,2-4,9-12,16,18-21,23-24H2,1H3,(H,36,39)(H,37,40). The minimum atomic E-state index is -0.199. The van der Waals surface area contributed by atoms with E-state index in [0.717, 1.165) is 46.7 Å². The SMILES string of the molecule is COc1ccccc1CCC(=O)NCC(Cc1c[nH]c2ccccc12)NC(=O)CN1CCCCC1C1CCCCC1. The number of nitrogens with one attached hydrogen (secondary N) is 3. The summed E-state index contributed by atoms with van der Waals surface area (Å²) in [6.45, 7) is 1.83. The van der Waals surface area contributed by atoms with E-state index in [1.807, 2.05) is 42.6 Å². The van der Waals surface area contributed by atoms with Crippen molar-refractivity contribution in [3.8, 4) is 5.75 Å². The number of para-hydroxylation sites is 2. The molecule has 2 aromatic carbocycles. The van der Waals surface area contributed by atoms with E-state index in [1.165, 1.54) is 44.9 Å². The molecule has 1 aliphatic carbocycles. The first-order valence-corrected chi connectivity index (χ1v) is 15.6. The quantitative estimate of drug-likeness (QED) is 0.278. The van der Waals surface area contributed by atoms with Gasteiger partial charge in [-0.15, -0.1) is 0 Å². The molecule has 7 nitrogen and oxygen atoms in total. The summed E-state index contributed by atoms with van der Waals surface area (Å²) in [5.41, 5.74) is 3.24. The highest BCUT2D eigenvalue weighted by Gasteiger charge is 2.32. The Hall–Kier alpha value is -3.32. The summed E-state index contributed by atoms with van der Waals surface area (Å²) < 4.78 is 5.44. The van der Waals surface area contributed by atoms with E-state index in [9.17, 15) is 9.59 Å². The Labute approximate surface area is 244 Å². The maximum Gasteiger partial charge on any atom is 0.234 e. The van der Waals surface area contributed by atoms with Crippen molar-refractivity contribution in [2.75, 3.05) is 26.7 Å². The number of methoxy groups -OCH3 is 1. The number of aromatic nitrogens is 1. The highest BCUT2D eigenvalue weighted by molar-refractivity contribution is 5.83. The summed E-state index contributed by atoms with van der Waals surface area (Å²) in [6, 6.07) is 16.4. The Morgan fingerprint density at radius 3 is 2.59 bits per heavy atom. The van der Waals surface area contributed by atoms with Crippen LogP contribution in [0.3, 0.4) is 0 Å². The number of nitrogens with zero attached hydrogens (tertiary/aromatic N) is 1. The van der Waals surface area contributed by atoms with Crippen LogP contribution >= 0.6 is 0 Å². The molecule has 1 saturated carbocycles. The molecule has 1 aliphatic heterocycles. The van der Waals surface area contributed by atoms with Crippen LogP contribution in [0, 0.1) is 5.92 Å². The summed E-state index contributed by atoms with van der Waals surface area (Å²) >= 11 is 0. The van der Waals surface area contributed by atoms with Crippen LogP contribution in [0.4, 0.5) is 0 Å². The maximum atomic E-state index is 13.5. The van der Waals surface area contributed by atoms with Crippen LogP contribution in [-0.4, -0.2) is 60.5 Å². The molecule has 0 spiro atoms. The van der Waals surface area contributed by atoms with Crippen LogP contribution in [0.5, 0.6) is 5.75 Å². The molecule has 2 atom stereocenters. The number of ether oxygens (including phenoxy) is 1. The number of hydrogen-bond donors (Lipinski definition) is 3. The Balaban J connectivity index is 1.21. The Morgan fingerprint density at radius 1 is 0.951 bits per heavy atom. The van der Waals surface area contributed by atoms with Crippen molar-refractivity contribution in [1.29, 1.82) is 0 Å². The average Bonchev–Trinajstić information content (AvgIpc) is 3.42. The van der Waals surface area contributed by atoms with Gasteiger partial charge >= 0.3 is 0 Å². The lowest BCUT2D eigenvalue weighted by Gasteiger charge is -2.41. The van der Waals surface area contributed by atoms with Crippen LogP contribution < -0.4 is 15.4 Å². The van der Waals surface area contributed by atoms with E-state index in [2.05, 4.69) is 32.7 Å². The van der Waals surface area contributed by atoms with Crippen molar-refractivity contribution >= 4 is 22.7 Å². The van der Waals surface area contributed by atoms with Crippen molar-refractivity contribution < 1.29 is 14.3 Å². The van der Waals surface area contributed by atoms with E-state index >= 15 is 0 Å². The van der Waals surface area contributed by atoms with Gasteiger partial charge in [-0.05, 0) is 74.2 Å². The Bertz CT molecular complexity index is 1280. The third kappa shape index (κ3) is 7.91. The molecular weight excluding hydrogens is 512 g/mol. The smallest absolute Gasteiger partial charge is 0.234 e. The van der Waals surface area contributed by atoms with Gasteiger partial charge in [-0.1, -0.05) is 62.1 Å². The molecule has 3 N–H and O–H groups in total. The predicted molar refractivity (Wildman–Crippen MR) is 164 cm³/mol. The van der Waals surface area contributed by atoms with E-state index < -0.39 is 0 Å². The summed E-state index contributed by atoms with van der Waals surface area (Å²) in [5, 5.41) is 7.57. The highest BCUT2D eigenvalue weighted by Crippen LogP contribution is 2.33. The van der Waals surface area contributed by atoms with E-state index in [0.29, 0.717) is 38.4 Å². The fourth-order valence-corrected chi connectivity index (χ4v) is 6.95. The van der Waals surface area contributed by atoms with Gasteiger partial charge in [0, 0.05) is 36.1 Å². The molecular formula is C34H46N4O3. The molecule has 220 valence electrons. The summed E-state index contributed by atoms with van der Waals surface area (Å²) in [4.78, 5) is 32.2. The molecule has 1 aromatic heterocycles. The number of rotatable bonds is 12. The largest absolute Gasteiger partial charge is 0.496 e. The van der Waals surface area contributed by atoms with Gasteiger partial charge in [-0.2, -0.15) is 0 Å². The number of hydrogen-bond acceptors (Lipinski definition) is 4. The number of piperidine rings is 1. The number of H-pyrrole nitrogens is 1. The number of benzene rings is 2. The van der Waals surface area contributed by atoms with Crippen molar-refractivity contribution in [3.05, 3.63) is 65.9 Å². The normalized spacial score (nSPS) is 19.1. The van der Waals surface area contributed by atoms with Gasteiger partial charge in [0.15, 0.2) is 0 Å². The lowest BCUT2D eigenvalue weighted by Crippen LogP contribution is -2.52. The number of carbonyl (C=O) groups excluding carboxylic acids is 2. The van der Waals surface area contributed by atoms with Crippen LogP contribution in [0.1, 0.15) is 68.9 Å². The van der Waals surface area contributed by atoms with E-state index in [1.54, 1.807) is 7.11 Å². The summed E-state index contributed by atoms with van der Waals surface area (Å²) in [6.07, 6.45) is 13.9. The molecule has 0 radical (unpaired) electrons. The predicted octanol–water partition coefficient (Wildman–Crippen LogP) is 5.39. The first-order chi connectivity index (χ1) is 20.1. The number of carbonyl (C=O) groups is 2. The molecule has 1 saturated heterocycles. The zero-order chi connectivity index (χ0) is 28.4. The van der Waals surface area contributed by atoms with Crippen LogP contribution in [-0.2, 0) is 22.4 Å². The van der Waals surface area contributed by atoms with Gasteiger partial charge in [0.2, 0.25) is 11.8 Å². The second-order valence-corrected chi connectivity index (χ2v) is 11.9. The fourth-order valence-electron chi connectivity index (χ4n) is 6.95. The number of fused-ring (bicyclic) bond motifs is 1. The molecule has 3 aromatic rings. The van der Waals surface area contributed by atoms with Gasteiger partial charge in [0.25, 0.3) is 0 Å². The minimum absolute atomic E-state index is 0.0255. The van der Waals surface area contributed by atoms with Crippen molar-refractivity contribution in [2.24, 2.45) is 5.92 Å². The third-order valence-corrected chi connectivity index (χ3v) is 9.07. The molecule has 41 heavy (non-hydrogen) atoms. The third-order valence-electron chi connectivity index (χ3n) is 9.07. The number of likely N-dealkylation sites (tertiary alicyclic amines) is 1. The van der Waals surface area contributed by atoms with Crippen LogP contribution in [0.2, 0.25) is 0 Å². The first-order valence-electron chi connectivity index (χ1n) is 15.6. The zero-order valence-electron chi connectivity index (χ0n) is 24.5. The molecule has 2 unspecified atom stereocenters. The van der Waals surface area contributed by atoms with Crippen molar-refractivity contribution in [1.82, 2.24) is 20.5 Å². The number of aryl methyl sites for hydroxylation is 1. The maximum absolute atomic E-state index is 13.5. The van der Waals surface area contributed by atoms with E-state index in [4.69, 9.17) is 4.74 Å². The van der Waals surface area contributed by atoms with Crippen molar-refractivity contribution in [3.63, 3.8) is 0 Å². The second kappa shape index (κ2) is 14.5. The monoisotopic (exact) mass is 558 g/mol. The van der Waals surface area contributed by atoms with Gasteiger partial charge in [0.05, 0.1) is 19.7 Å².